The number of rotatable bonds is 5. The molecule has 0 aliphatic heterocycles. The van der Waals surface area contributed by atoms with Gasteiger partial charge in [-0.05, 0) is 0 Å². The van der Waals surface area contributed by atoms with Crippen LogP contribution < -0.4 is 4.90 Å². The molecular formula is C12H15N5O4. The van der Waals surface area contributed by atoms with Crippen LogP contribution in [0.15, 0.2) is 12.5 Å². The maximum atomic E-state index is 11.5. The molecule has 0 amide bonds. The minimum atomic E-state index is -0.491. The van der Waals surface area contributed by atoms with E-state index < -0.39 is 11.9 Å². The third kappa shape index (κ3) is 3.07. The van der Waals surface area contributed by atoms with Crippen molar-refractivity contribution in [2.75, 3.05) is 32.2 Å². The van der Waals surface area contributed by atoms with Gasteiger partial charge in [0, 0.05) is 7.05 Å². The van der Waals surface area contributed by atoms with Gasteiger partial charge in [0.25, 0.3) is 0 Å². The van der Waals surface area contributed by atoms with E-state index in [-0.39, 0.29) is 13.1 Å². The van der Waals surface area contributed by atoms with E-state index in [0.29, 0.717) is 16.9 Å². The number of methoxy groups -OCH3 is 2. The van der Waals surface area contributed by atoms with E-state index in [1.807, 2.05) is 0 Å². The standard InChI is InChI=1S/C12H15N5O4/c1-16-11-8(4-15-16)12(14-7-13-11)17(5-9(18)20-2)6-10(19)21-3/h4,7H,5-6H2,1-3H3. The molecule has 0 saturated carbocycles. The number of hydrogen-bond acceptors (Lipinski definition) is 8. The number of carbonyl (C=O) groups excluding carboxylic acids is 2. The van der Waals surface area contributed by atoms with Crippen LogP contribution >= 0.6 is 0 Å². The number of esters is 2. The van der Waals surface area contributed by atoms with Crippen LogP contribution in [0.4, 0.5) is 5.82 Å². The highest BCUT2D eigenvalue weighted by atomic mass is 16.5. The molecule has 0 spiro atoms. The smallest absolute Gasteiger partial charge is 0.325 e. The summed E-state index contributed by atoms with van der Waals surface area (Å²) in [5.41, 5.74) is 0.597. The Hall–Kier alpha value is -2.71. The summed E-state index contributed by atoms with van der Waals surface area (Å²) in [5, 5.41) is 4.72. The highest BCUT2D eigenvalue weighted by Gasteiger charge is 2.20. The van der Waals surface area contributed by atoms with Gasteiger partial charge in [0.1, 0.15) is 25.2 Å². The van der Waals surface area contributed by atoms with E-state index in [1.165, 1.54) is 25.4 Å². The molecule has 0 unspecified atom stereocenters. The molecule has 0 saturated heterocycles. The fourth-order valence-electron chi connectivity index (χ4n) is 1.85. The number of aromatic nitrogens is 4. The zero-order chi connectivity index (χ0) is 15.4. The maximum absolute atomic E-state index is 11.5. The van der Waals surface area contributed by atoms with Crippen LogP contribution in [0.3, 0.4) is 0 Å². The summed E-state index contributed by atoms with van der Waals surface area (Å²) in [6.45, 7) is -0.265. The Labute approximate surface area is 120 Å². The SMILES string of the molecule is COC(=O)CN(CC(=O)OC)c1ncnc2c1cnn2C. The summed E-state index contributed by atoms with van der Waals surface area (Å²) in [6, 6.07) is 0. The lowest BCUT2D eigenvalue weighted by atomic mass is 10.3. The van der Waals surface area contributed by atoms with Crippen LogP contribution in [0, 0.1) is 0 Å². The average molecular weight is 293 g/mol. The predicted octanol–water partition coefficient (Wildman–Crippen LogP) is -0.484. The van der Waals surface area contributed by atoms with Crippen molar-refractivity contribution in [1.82, 2.24) is 19.7 Å². The molecule has 0 N–H and O–H groups in total. The molecule has 2 aromatic heterocycles. The summed E-state index contributed by atoms with van der Waals surface area (Å²) >= 11 is 0. The molecule has 0 aliphatic carbocycles. The third-order valence-corrected chi connectivity index (χ3v) is 2.90. The summed E-state index contributed by atoms with van der Waals surface area (Å²) in [6.07, 6.45) is 2.92. The monoisotopic (exact) mass is 293 g/mol. The average Bonchev–Trinajstić information content (AvgIpc) is 2.88. The first kappa shape index (κ1) is 14.7. The minimum Gasteiger partial charge on any atom is -0.468 e. The van der Waals surface area contributed by atoms with Crippen LogP contribution in [0.1, 0.15) is 0 Å². The lowest BCUT2D eigenvalue weighted by Gasteiger charge is -2.21. The Morgan fingerprint density at radius 2 is 1.81 bits per heavy atom. The van der Waals surface area contributed by atoms with Gasteiger partial charge in [-0.2, -0.15) is 5.10 Å². The fraction of sp³-hybridized carbons (Fsp3) is 0.417. The minimum absolute atomic E-state index is 0.132. The molecule has 0 aliphatic rings. The normalized spacial score (nSPS) is 10.4. The van der Waals surface area contributed by atoms with Crippen LogP contribution in [0.25, 0.3) is 11.0 Å². The Morgan fingerprint density at radius 1 is 1.19 bits per heavy atom. The number of ether oxygens (including phenoxy) is 2. The van der Waals surface area contributed by atoms with Crippen molar-refractivity contribution in [3.8, 4) is 0 Å². The molecule has 0 radical (unpaired) electrons. The zero-order valence-corrected chi connectivity index (χ0v) is 11.9. The summed E-state index contributed by atoms with van der Waals surface area (Å²) in [7, 11) is 4.29. The van der Waals surface area contributed by atoms with Gasteiger partial charge in [-0.1, -0.05) is 0 Å². The molecule has 2 rings (SSSR count). The van der Waals surface area contributed by atoms with Crippen LogP contribution in [0.2, 0.25) is 0 Å². The molecule has 0 atom stereocenters. The predicted molar refractivity (Wildman–Crippen MR) is 72.5 cm³/mol. The Bertz CT molecular complexity index is 651. The van der Waals surface area contributed by atoms with E-state index in [2.05, 4.69) is 24.5 Å². The largest absolute Gasteiger partial charge is 0.468 e. The van der Waals surface area contributed by atoms with Crippen molar-refractivity contribution in [2.45, 2.75) is 0 Å². The Balaban J connectivity index is 2.42. The van der Waals surface area contributed by atoms with Gasteiger partial charge in [-0.25, -0.2) is 9.97 Å². The molecule has 2 aromatic rings. The van der Waals surface area contributed by atoms with Gasteiger partial charge >= 0.3 is 11.9 Å². The first-order valence-corrected chi connectivity index (χ1v) is 6.08. The van der Waals surface area contributed by atoms with Crippen molar-refractivity contribution in [3.05, 3.63) is 12.5 Å². The topological polar surface area (TPSA) is 99.4 Å². The number of carbonyl (C=O) groups is 2. The highest BCUT2D eigenvalue weighted by molar-refractivity contribution is 5.90. The molecule has 9 heteroatoms. The number of aryl methyl sites for hydroxylation is 1. The van der Waals surface area contributed by atoms with Crippen LogP contribution in [-0.2, 0) is 26.1 Å². The second kappa shape index (κ2) is 6.16. The molecule has 21 heavy (non-hydrogen) atoms. The number of fused-ring (bicyclic) bond motifs is 1. The lowest BCUT2D eigenvalue weighted by Crippen LogP contribution is -2.36. The van der Waals surface area contributed by atoms with Crippen molar-refractivity contribution < 1.29 is 19.1 Å². The molecule has 0 aromatic carbocycles. The number of hydrogen-bond donors (Lipinski definition) is 0. The van der Waals surface area contributed by atoms with Gasteiger partial charge < -0.3 is 14.4 Å². The van der Waals surface area contributed by atoms with E-state index >= 15 is 0 Å². The summed E-state index contributed by atoms with van der Waals surface area (Å²) in [4.78, 5) is 32.8. The van der Waals surface area contributed by atoms with Crippen LogP contribution in [0.5, 0.6) is 0 Å². The van der Waals surface area contributed by atoms with E-state index in [9.17, 15) is 9.59 Å². The maximum Gasteiger partial charge on any atom is 0.325 e. The van der Waals surface area contributed by atoms with Gasteiger partial charge in [0.05, 0.1) is 25.8 Å². The summed E-state index contributed by atoms with van der Waals surface area (Å²) < 4.78 is 10.9. The molecular weight excluding hydrogens is 278 g/mol. The second-order valence-electron chi connectivity index (χ2n) is 4.21. The van der Waals surface area contributed by atoms with E-state index in [1.54, 1.807) is 17.9 Å². The fourth-order valence-corrected chi connectivity index (χ4v) is 1.85. The van der Waals surface area contributed by atoms with Crippen LogP contribution in [-0.4, -0.2) is 59.0 Å². The van der Waals surface area contributed by atoms with Gasteiger partial charge in [-0.15, -0.1) is 0 Å². The lowest BCUT2D eigenvalue weighted by molar-refractivity contribution is -0.140. The molecule has 9 nitrogen and oxygen atoms in total. The molecule has 0 fully saturated rings. The van der Waals surface area contributed by atoms with Crippen molar-refractivity contribution in [2.24, 2.45) is 7.05 Å². The highest BCUT2D eigenvalue weighted by Crippen LogP contribution is 2.21. The van der Waals surface area contributed by atoms with Crippen molar-refractivity contribution in [3.63, 3.8) is 0 Å². The van der Waals surface area contributed by atoms with Crippen molar-refractivity contribution >= 4 is 28.8 Å². The Kier molecular flexibility index (Phi) is 4.31. The van der Waals surface area contributed by atoms with Gasteiger partial charge in [0.15, 0.2) is 5.65 Å². The first-order chi connectivity index (χ1) is 10.1. The van der Waals surface area contributed by atoms with Gasteiger partial charge in [-0.3, -0.25) is 14.3 Å². The van der Waals surface area contributed by atoms with Gasteiger partial charge in [0.2, 0.25) is 0 Å². The van der Waals surface area contributed by atoms with E-state index in [0.717, 1.165) is 0 Å². The first-order valence-electron chi connectivity index (χ1n) is 6.08. The quantitative estimate of drug-likeness (QED) is 0.681. The second-order valence-corrected chi connectivity index (χ2v) is 4.21. The Morgan fingerprint density at radius 3 is 2.38 bits per heavy atom. The molecule has 0 bridgehead atoms. The van der Waals surface area contributed by atoms with Crippen molar-refractivity contribution in [1.29, 1.82) is 0 Å². The third-order valence-electron chi connectivity index (χ3n) is 2.90. The van der Waals surface area contributed by atoms with E-state index in [4.69, 9.17) is 0 Å². The summed E-state index contributed by atoms with van der Waals surface area (Å²) in [5.74, 6) is -0.562. The molecule has 2 heterocycles. The molecule has 112 valence electrons. The number of anilines is 1. The number of nitrogens with zero attached hydrogens (tertiary/aromatic N) is 5. The zero-order valence-electron chi connectivity index (χ0n) is 11.9.